The number of benzene rings is 2. The number of rotatable bonds is 10. The van der Waals surface area contributed by atoms with Gasteiger partial charge >= 0.3 is 0 Å². The fourth-order valence-corrected chi connectivity index (χ4v) is 3.69. The van der Waals surface area contributed by atoms with Crippen molar-refractivity contribution in [3.8, 4) is 5.75 Å². The lowest BCUT2D eigenvalue weighted by molar-refractivity contribution is -0.143. The number of carbonyl (C=O) groups is 2. The van der Waals surface area contributed by atoms with Gasteiger partial charge in [-0.15, -0.1) is 0 Å². The SMILES string of the molecule is CC[C@@H](C)NC(=O)[C@H](CC)N(Cc1ccc(Cl)cc1Cl)C(=O)COc1ccc(C)c(C)c1. The summed E-state index contributed by atoms with van der Waals surface area (Å²) in [6, 6.07) is 10.2. The Labute approximate surface area is 201 Å². The van der Waals surface area contributed by atoms with Gasteiger partial charge < -0.3 is 15.0 Å². The van der Waals surface area contributed by atoms with Gasteiger partial charge in [0.1, 0.15) is 11.8 Å². The molecule has 174 valence electrons. The Kier molecular flexibility index (Phi) is 9.85. The van der Waals surface area contributed by atoms with Gasteiger partial charge in [0.15, 0.2) is 6.61 Å². The maximum atomic E-state index is 13.3. The lowest BCUT2D eigenvalue weighted by Gasteiger charge is -2.31. The van der Waals surface area contributed by atoms with Crippen molar-refractivity contribution in [3.05, 3.63) is 63.1 Å². The van der Waals surface area contributed by atoms with Crippen LogP contribution in [0.15, 0.2) is 36.4 Å². The number of ether oxygens (including phenoxy) is 1. The topological polar surface area (TPSA) is 58.6 Å². The van der Waals surface area contributed by atoms with Crippen LogP contribution in [0.5, 0.6) is 5.75 Å². The van der Waals surface area contributed by atoms with E-state index in [-0.39, 0.29) is 31.0 Å². The van der Waals surface area contributed by atoms with Gasteiger partial charge in [0, 0.05) is 22.6 Å². The number of hydrogen-bond donors (Lipinski definition) is 1. The first-order valence-corrected chi connectivity index (χ1v) is 11.7. The minimum atomic E-state index is -0.647. The Morgan fingerprint density at radius 2 is 1.75 bits per heavy atom. The average molecular weight is 479 g/mol. The molecule has 2 amide bonds. The van der Waals surface area contributed by atoms with Crippen LogP contribution in [0.2, 0.25) is 10.0 Å². The number of carbonyl (C=O) groups excluding carboxylic acids is 2. The molecule has 0 heterocycles. The highest BCUT2D eigenvalue weighted by Gasteiger charge is 2.30. The summed E-state index contributed by atoms with van der Waals surface area (Å²) in [7, 11) is 0. The standard InChI is InChI=1S/C25H32Cl2N2O3/c1-6-18(5)28-25(31)23(7-2)29(14-19-9-10-20(26)13-22(19)27)24(30)15-32-21-11-8-16(3)17(4)12-21/h8-13,18,23H,6-7,14-15H2,1-5H3,(H,28,31)/t18-,23+/m1/s1. The first-order chi connectivity index (χ1) is 15.2. The summed E-state index contributed by atoms with van der Waals surface area (Å²) in [5.74, 6) is 0.134. The molecule has 0 fully saturated rings. The Morgan fingerprint density at radius 3 is 2.34 bits per heavy atom. The van der Waals surface area contributed by atoms with Gasteiger partial charge in [-0.25, -0.2) is 0 Å². The second-order valence-electron chi connectivity index (χ2n) is 8.03. The van der Waals surface area contributed by atoms with Crippen LogP contribution in [0.1, 0.15) is 50.3 Å². The van der Waals surface area contributed by atoms with Crippen molar-refractivity contribution in [1.82, 2.24) is 10.2 Å². The predicted octanol–water partition coefficient (Wildman–Crippen LogP) is 5.71. The van der Waals surface area contributed by atoms with Crippen LogP contribution in [0.25, 0.3) is 0 Å². The number of nitrogens with one attached hydrogen (secondary N) is 1. The normalized spacial score (nSPS) is 12.7. The highest BCUT2D eigenvalue weighted by molar-refractivity contribution is 6.35. The molecule has 7 heteroatoms. The van der Waals surface area contributed by atoms with Gasteiger partial charge in [0.05, 0.1) is 0 Å². The zero-order valence-electron chi connectivity index (χ0n) is 19.4. The van der Waals surface area contributed by atoms with E-state index in [2.05, 4.69) is 5.32 Å². The summed E-state index contributed by atoms with van der Waals surface area (Å²) >= 11 is 12.4. The molecule has 1 N–H and O–H groups in total. The van der Waals surface area contributed by atoms with Gasteiger partial charge in [-0.05, 0) is 74.6 Å². The molecule has 32 heavy (non-hydrogen) atoms. The molecule has 0 aliphatic rings. The van der Waals surface area contributed by atoms with E-state index >= 15 is 0 Å². The zero-order valence-corrected chi connectivity index (χ0v) is 20.9. The molecule has 2 aromatic rings. The minimum absolute atomic E-state index is 0.0133. The Balaban J connectivity index is 2.26. The fourth-order valence-electron chi connectivity index (χ4n) is 3.23. The number of amides is 2. The molecule has 0 saturated carbocycles. The largest absolute Gasteiger partial charge is 0.484 e. The fraction of sp³-hybridized carbons (Fsp3) is 0.440. The van der Waals surface area contributed by atoms with E-state index in [1.807, 2.05) is 52.8 Å². The molecule has 0 aromatic heterocycles. The first-order valence-electron chi connectivity index (χ1n) is 10.9. The molecule has 0 aliphatic heterocycles. The van der Waals surface area contributed by atoms with E-state index in [0.717, 1.165) is 17.5 Å². The van der Waals surface area contributed by atoms with Crippen LogP contribution in [0.3, 0.4) is 0 Å². The third kappa shape index (κ3) is 7.14. The van der Waals surface area contributed by atoms with Crippen molar-refractivity contribution < 1.29 is 14.3 Å². The zero-order chi connectivity index (χ0) is 23.8. The van der Waals surface area contributed by atoms with Gasteiger partial charge in [-0.2, -0.15) is 0 Å². The monoisotopic (exact) mass is 478 g/mol. The molecule has 0 saturated heterocycles. The second kappa shape index (κ2) is 12.1. The van der Waals surface area contributed by atoms with Gasteiger partial charge in [-0.1, -0.05) is 49.2 Å². The quantitative estimate of drug-likeness (QED) is 0.475. The second-order valence-corrected chi connectivity index (χ2v) is 8.88. The third-order valence-electron chi connectivity index (χ3n) is 5.58. The lowest BCUT2D eigenvalue weighted by atomic mass is 10.1. The maximum absolute atomic E-state index is 13.3. The first kappa shape index (κ1) is 26.0. The van der Waals surface area contributed by atoms with E-state index in [4.69, 9.17) is 27.9 Å². The number of halogens is 2. The Bertz CT molecular complexity index is 949. The van der Waals surface area contributed by atoms with Crippen LogP contribution in [-0.2, 0) is 16.1 Å². The van der Waals surface area contributed by atoms with Gasteiger partial charge in [0.2, 0.25) is 5.91 Å². The molecule has 5 nitrogen and oxygen atoms in total. The van der Waals surface area contributed by atoms with Crippen LogP contribution in [-0.4, -0.2) is 35.4 Å². The summed E-state index contributed by atoms with van der Waals surface area (Å²) in [5.41, 5.74) is 2.94. The summed E-state index contributed by atoms with van der Waals surface area (Å²) in [6.07, 6.45) is 1.26. The Hall–Kier alpha value is -2.24. The molecular weight excluding hydrogens is 447 g/mol. The molecule has 0 radical (unpaired) electrons. The van der Waals surface area contributed by atoms with E-state index in [0.29, 0.717) is 27.8 Å². The van der Waals surface area contributed by atoms with Crippen molar-refractivity contribution in [2.45, 2.75) is 66.1 Å². The molecule has 0 aliphatic carbocycles. The molecular formula is C25H32Cl2N2O3. The minimum Gasteiger partial charge on any atom is -0.484 e. The molecule has 2 aromatic carbocycles. The van der Waals surface area contributed by atoms with Crippen molar-refractivity contribution in [2.24, 2.45) is 0 Å². The molecule has 2 rings (SSSR count). The van der Waals surface area contributed by atoms with Crippen molar-refractivity contribution in [1.29, 1.82) is 0 Å². The third-order valence-corrected chi connectivity index (χ3v) is 6.17. The number of aryl methyl sites for hydroxylation is 2. The molecule has 0 bridgehead atoms. The average Bonchev–Trinajstić information content (AvgIpc) is 2.75. The van der Waals surface area contributed by atoms with E-state index in [1.54, 1.807) is 18.2 Å². The van der Waals surface area contributed by atoms with Crippen molar-refractivity contribution in [2.75, 3.05) is 6.61 Å². The maximum Gasteiger partial charge on any atom is 0.261 e. The van der Waals surface area contributed by atoms with Gasteiger partial charge in [-0.3, -0.25) is 9.59 Å². The van der Waals surface area contributed by atoms with E-state index < -0.39 is 6.04 Å². The molecule has 0 spiro atoms. The summed E-state index contributed by atoms with van der Waals surface area (Å²) in [5, 5.41) is 3.94. The summed E-state index contributed by atoms with van der Waals surface area (Å²) in [6.45, 7) is 9.83. The van der Waals surface area contributed by atoms with E-state index in [9.17, 15) is 9.59 Å². The summed E-state index contributed by atoms with van der Waals surface area (Å²) < 4.78 is 5.77. The van der Waals surface area contributed by atoms with Crippen LogP contribution in [0, 0.1) is 13.8 Å². The number of nitrogens with zero attached hydrogens (tertiary/aromatic N) is 1. The van der Waals surface area contributed by atoms with Crippen molar-refractivity contribution in [3.63, 3.8) is 0 Å². The summed E-state index contributed by atoms with van der Waals surface area (Å²) in [4.78, 5) is 27.8. The van der Waals surface area contributed by atoms with E-state index in [1.165, 1.54) is 4.90 Å². The van der Waals surface area contributed by atoms with Crippen LogP contribution < -0.4 is 10.1 Å². The Morgan fingerprint density at radius 1 is 1.03 bits per heavy atom. The van der Waals surface area contributed by atoms with Gasteiger partial charge in [0.25, 0.3) is 5.91 Å². The lowest BCUT2D eigenvalue weighted by Crippen LogP contribution is -2.51. The van der Waals surface area contributed by atoms with Crippen LogP contribution in [0.4, 0.5) is 0 Å². The highest BCUT2D eigenvalue weighted by atomic mass is 35.5. The molecule has 0 unspecified atom stereocenters. The van der Waals surface area contributed by atoms with Crippen molar-refractivity contribution >= 4 is 35.0 Å². The molecule has 2 atom stereocenters. The predicted molar refractivity (Wildman–Crippen MR) is 130 cm³/mol. The highest BCUT2D eigenvalue weighted by Crippen LogP contribution is 2.24. The smallest absolute Gasteiger partial charge is 0.261 e. The number of hydrogen-bond acceptors (Lipinski definition) is 3. The van der Waals surface area contributed by atoms with Crippen LogP contribution >= 0.6 is 23.2 Å².